The fourth-order valence-corrected chi connectivity index (χ4v) is 1.38. The Morgan fingerprint density at radius 1 is 1.41 bits per heavy atom. The Hall–Kier alpha value is -1.55. The number of benzene rings is 1. The van der Waals surface area contributed by atoms with Gasteiger partial charge in [-0.3, -0.25) is 4.79 Å². The predicted molar refractivity (Wildman–Crippen MR) is 65.9 cm³/mol. The maximum Gasteiger partial charge on any atom is 0.224 e. The van der Waals surface area contributed by atoms with E-state index in [0.29, 0.717) is 18.7 Å². The summed E-state index contributed by atoms with van der Waals surface area (Å²) in [6, 6.07) is 6.83. The molecule has 1 aromatic carbocycles. The highest BCUT2D eigenvalue weighted by molar-refractivity contribution is 5.79. The quantitative estimate of drug-likeness (QED) is 0.737. The van der Waals surface area contributed by atoms with E-state index < -0.39 is 0 Å². The van der Waals surface area contributed by atoms with E-state index in [1.165, 1.54) is 0 Å². The van der Waals surface area contributed by atoms with E-state index >= 15 is 0 Å². The number of carbonyl (C=O) groups excluding carboxylic acids is 1. The number of hydrogen-bond donors (Lipinski definition) is 2. The van der Waals surface area contributed by atoms with Gasteiger partial charge in [0.1, 0.15) is 5.75 Å². The lowest BCUT2D eigenvalue weighted by molar-refractivity contribution is -0.120. The second-order valence-corrected chi connectivity index (χ2v) is 4.07. The SMILES string of the molecule is CC(C)OCCNC(=O)Cc1ccccc1O. The van der Waals surface area contributed by atoms with Gasteiger partial charge in [0.2, 0.25) is 5.91 Å². The van der Waals surface area contributed by atoms with Gasteiger partial charge in [-0.2, -0.15) is 0 Å². The molecule has 4 heteroatoms. The van der Waals surface area contributed by atoms with Crippen LogP contribution in [0.5, 0.6) is 5.75 Å². The number of phenolic OH excluding ortho intramolecular Hbond substituents is 1. The van der Waals surface area contributed by atoms with Crippen molar-refractivity contribution in [2.75, 3.05) is 13.2 Å². The molecule has 0 spiro atoms. The Morgan fingerprint density at radius 2 is 2.12 bits per heavy atom. The van der Waals surface area contributed by atoms with Crippen LogP contribution in [0.3, 0.4) is 0 Å². The molecule has 1 aromatic rings. The summed E-state index contributed by atoms with van der Waals surface area (Å²) in [5.74, 6) is 0.0416. The Labute approximate surface area is 102 Å². The van der Waals surface area contributed by atoms with E-state index in [2.05, 4.69) is 5.32 Å². The molecule has 0 radical (unpaired) electrons. The number of para-hydroxylation sites is 1. The first-order chi connectivity index (χ1) is 8.09. The van der Waals surface area contributed by atoms with Gasteiger partial charge in [-0.25, -0.2) is 0 Å². The normalized spacial score (nSPS) is 10.5. The molecule has 0 aliphatic carbocycles. The van der Waals surface area contributed by atoms with Gasteiger partial charge >= 0.3 is 0 Å². The molecule has 0 atom stereocenters. The van der Waals surface area contributed by atoms with Crippen LogP contribution in [0.4, 0.5) is 0 Å². The molecule has 2 N–H and O–H groups in total. The summed E-state index contributed by atoms with van der Waals surface area (Å²) in [6.45, 7) is 4.89. The first kappa shape index (κ1) is 13.5. The van der Waals surface area contributed by atoms with E-state index in [0.717, 1.165) is 0 Å². The van der Waals surface area contributed by atoms with Crippen LogP contribution in [0.1, 0.15) is 19.4 Å². The topological polar surface area (TPSA) is 58.6 Å². The van der Waals surface area contributed by atoms with Crippen molar-refractivity contribution in [2.24, 2.45) is 0 Å². The fourth-order valence-electron chi connectivity index (χ4n) is 1.38. The lowest BCUT2D eigenvalue weighted by Gasteiger charge is -2.09. The molecular formula is C13H19NO3. The third-order valence-electron chi connectivity index (χ3n) is 2.22. The minimum Gasteiger partial charge on any atom is -0.508 e. The third kappa shape index (κ3) is 5.36. The summed E-state index contributed by atoms with van der Waals surface area (Å²) in [4.78, 5) is 11.5. The summed E-state index contributed by atoms with van der Waals surface area (Å²) in [5.41, 5.74) is 0.634. The van der Waals surface area contributed by atoms with Crippen LogP contribution in [-0.4, -0.2) is 30.3 Å². The molecular weight excluding hydrogens is 218 g/mol. The van der Waals surface area contributed by atoms with Gasteiger partial charge in [-0.1, -0.05) is 18.2 Å². The standard InChI is InChI=1S/C13H19NO3/c1-10(2)17-8-7-14-13(16)9-11-5-3-4-6-12(11)15/h3-6,10,15H,7-9H2,1-2H3,(H,14,16). The molecule has 0 bridgehead atoms. The van der Waals surface area contributed by atoms with Crippen molar-refractivity contribution < 1.29 is 14.6 Å². The number of aromatic hydroxyl groups is 1. The van der Waals surface area contributed by atoms with Gasteiger partial charge in [0, 0.05) is 12.1 Å². The average molecular weight is 237 g/mol. The number of hydrogen-bond acceptors (Lipinski definition) is 3. The molecule has 1 rings (SSSR count). The molecule has 0 unspecified atom stereocenters. The minimum atomic E-state index is -0.112. The zero-order valence-corrected chi connectivity index (χ0v) is 10.3. The van der Waals surface area contributed by atoms with Crippen LogP contribution < -0.4 is 5.32 Å². The summed E-state index contributed by atoms with van der Waals surface area (Å²) in [5, 5.41) is 12.2. The van der Waals surface area contributed by atoms with Crippen LogP contribution in [0.15, 0.2) is 24.3 Å². The van der Waals surface area contributed by atoms with E-state index in [9.17, 15) is 9.90 Å². The van der Waals surface area contributed by atoms with Crippen LogP contribution >= 0.6 is 0 Å². The lowest BCUT2D eigenvalue weighted by Crippen LogP contribution is -2.29. The van der Waals surface area contributed by atoms with Crippen LogP contribution in [0, 0.1) is 0 Å². The number of ether oxygens (including phenoxy) is 1. The van der Waals surface area contributed by atoms with Crippen molar-refractivity contribution >= 4 is 5.91 Å². The highest BCUT2D eigenvalue weighted by Gasteiger charge is 2.06. The molecule has 17 heavy (non-hydrogen) atoms. The van der Waals surface area contributed by atoms with Crippen molar-refractivity contribution in [3.63, 3.8) is 0 Å². The van der Waals surface area contributed by atoms with Crippen LogP contribution in [0.2, 0.25) is 0 Å². The molecule has 0 heterocycles. The van der Waals surface area contributed by atoms with Crippen molar-refractivity contribution in [1.29, 1.82) is 0 Å². The second-order valence-electron chi connectivity index (χ2n) is 4.07. The number of rotatable bonds is 6. The van der Waals surface area contributed by atoms with Gasteiger partial charge in [0.25, 0.3) is 0 Å². The predicted octanol–water partition coefficient (Wildman–Crippen LogP) is 1.48. The second kappa shape index (κ2) is 6.91. The van der Waals surface area contributed by atoms with Crippen molar-refractivity contribution in [1.82, 2.24) is 5.32 Å². The largest absolute Gasteiger partial charge is 0.508 e. The smallest absolute Gasteiger partial charge is 0.224 e. The Morgan fingerprint density at radius 3 is 2.76 bits per heavy atom. The highest BCUT2D eigenvalue weighted by atomic mass is 16.5. The van der Waals surface area contributed by atoms with E-state index in [1.54, 1.807) is 24.3 Å². The molecule has 0 aliphatic heterocycles. The molecule has 4 nitrogen and oxygen atoms in total. The minimum absolute atomic E-state index is 0.112. The molecule has 94 valence electrons. The van der Waals surface area contributed by atoms with Gasteiger partial charge in [0.15, 0.2) is 0 Å². The van der Waals surface area contributed by atoms with Gasteiger partial charge in [-0.05, 0) is 19.9 Å². The summed E-state index contributed by atoms with van der Waals surface area (Å²) in [6.07, 6.45) is 0.360. The highest BCUT2D eigenvalue weighted by Crippen LogP contribution is 2.15. The zero-order valence-electron chi connectivity index (χ0n) is 10.3. The molecule has 0 saturated carbocycles. The molecule has 0 aromatic heterocycles. The van der Waals surface area contributed by atoms with E-state index in [-0.39, 0.29) is 24.2 Å². The number of nitrogens with one attached hydrogen (secondary N) is 1. The van der Waals surface area contributed by atoms with Crippen LogP contribution in [0.25, 0.3) is 0 Å². The zero-order chi connectivity index (χ0) is 12.7. The summed E-state index contributed by atoms with van der Waals surface area (Å²) >= 11 is 0. The van der Waals surface area contributed by atoms with E-state index in [1.807, 2.05) is 13.8 Å². The molecule has 1 amide bonds. The Balaban J connectivity index is 2.28. The first-order valence-electron chi connectivity index (χ1n) is 5.74. The molecule has 0 aliphatic rings. The maximum absolute atomic E-state index is 11.5. The van der Waals surface area contributed by atoms with Crippen molar-refractivity contribution in [2.45, 2.75) is 26.4 Å². The van der Waals surface area contributed by atoms with Crippen molar-refractivity contribution in [3.8, 4) is 5.75 Å². The Kier molecular flexibility index (Phi) is 5.49. The summed E-state index contributed by atoms with van der Waals surface area (Å²) < 4.78 is 5.30. The van der Waals surface area contributed by atoms with Gasteiger partial charge in [-0.15, -0.1) is 0 Å². The average Bonchev–Trinajstić information content (AvgIpc) is 2.27. The molecule has 0 saturated heterocycles. The molecule has 0 fully saturated rings. The number of carbonyl (C=O) groups is 1. The number of phenols is 1. The third-order valence-corrected chi connectivity index (χ3v) is 2.22. The fraction of sp³-hybridized carbons (Fsp3) is 0.462. The van der Waals surface area contributed by atoms with Crippen LogP contribution in [-0.2, 0) is 16.0 Å². The van der Waals surface area contributed by atoms with Gasteiger partial charge < -0.3 is 15.2 Å². The first-order valence-corrected chi connectivity index (χ1v) is 5.74. The summed E-state index contributed by atoms with van der Waals surface area (Å²) in [7, 11) is 0. The monoisotopic (exact) mass is 237 g/mol. The van der Waals surface area contributed by atoms with Crippen molar-refractivity contribution in [3.05, 3.63) is 29.8 Å². The maximum atomic E-state index is 11.5. The Bertz CT molecular complexity index is 363. The lowest BCUT2D eigenvalue weighted by atomic mass is 10.1. The van der Waals surface area contributed by atoms with Gasteiger partial charge in [0.05, 0.1) is 19.1 Å². The number of amides is 1. The van der Waals surface area contributed by atoms with E-state index in [4.69, 9.17) is 4.74 Å².